The number of hydrogen-bond acceptors (Lipinski definition) is 4. The van der Waals surface area contributed by atoms with Crippen LogP contribution in [0, 0.1) is 0 Å². The molecular weight excluding hydrogens is 356 g/mol. The monoisotopic (exact) mass is 362 g/mol. The van der Waals surface area contributed by atoms with Gasteiger partial charge in [0, 0.05) is 0 Å². The first-order valence-corrected chi connectivity index (χ1v) is 5.46. The first-order chi connectivity index (χ1) is 2.00. The van der Waals surface area contributed by atoms with E-state index in [1.54, 1.807) is 0 Å². The van der Waals surface area contributed by atoms with Gasteiger partial charge in [-0.2, -0.15) is 19.8 Å². The van der Waals surface area contributed by atoms with Gasteiger partial charge < -0.3 is 0 Å². The number of hydrogen-bond donors (Lipinski definition) is 0. The molecule has 2 atom stereocenters. The summed E-state index contributed by atoms with van der Waals surface area (Å²) >= 11 is -6.17. The van der Waals surface area contributed by atoms with Gasteiger partial charge in [-0.1, -0.05) is 0 Å². The Morgan fingerprint density at radius 3 is 0.889 bits per heavy atom. The molecule has 0 bridgehead atoms. The average molecular weight is 362 g/mol. The molecule has 4 nitrogen and oxygen atoms in total. The van der Waals surface area contributed by atoms with Crippen LogP contribution in [-0.2, 0) is 23.5 Å². The first-order valence-electron chi connectivity index (χ1n) is 0.667. The van der Waals surface area contributed by atoms with E-state index in [4.69, 9.17) is 14.3 Å². The molecule has 0 amide bonds. The summed E-state index contributed by atoms with van der Waals surface area (Å²) in [4.78, 5) is 0. The van der Waals surface area contributed by atoms with Gasteiger partial charge in [0.15, 0.2) is 0 Å². The van der Waals surface area contributed by atoms with Gasteiger partial charge in [-0.15, -0.1) is 0 Å². The molecule has 0 heterocycles. The van der Waals surface area contributed by atoms with Gasteiger partial charge in [0.05, 0.1) is 0 Å². The maximum atomic E-state index is 8.65. The molecule has 0 aliphatic heterocycles. The third kappa shape index (κ3) is 96.7. The summed E-state index contributed by atoms with van der Waals surface area (Å²) in [6.45, 7) is 0. The second-order valence-corrected chi connectivity index (χ2v) is 3.34. The summed E-state index contributed by atoms with van der Waals surface area (Å²) in [6.07, 6.45) is 0. The van der Waals surface area contributed by atoms with Gasteiger partial charge in [-0.25, -0.2) is 0 Å². The quantitative estimate of drug-likeness (QED) is 0.317. The van der Waals surface area contributed by atoms with Crippen molar-refractivity contribution in [1.29, 1.82) is 0 Å². The van der Waals surface area contributed by atoms with E-state index in [0.717, 1.165) is 0 Å². The second kappa shape index (κ2) is 13.6. The van der Waals surface area contributed by atoms with Crippen molar-refractivity contribution in [3.63, 3.8) is 0 Å². The molecule has 2 unspecified atom stereocenters. The van der Waals surface area contributed by atoms with Crippen LogP contribution in [0.5, 0.6) is 0 Å². The normalized spacial score (nSPS) is 6.44. The molecule has 0 N–H and O–H groups in total. The van der Waals surface area contributed by atoms with E-state index in [2.05, 4.69) is 0 Å². The van der Waals surface area contributed by atoms with Gasteiger partial charge >= 0.3 is 90.2 Å². The van der Waals surface area contributed by atoms with Crippen molar-refractivity contribution in [3.8, 4) is 0 Å². The Balaban J connectivity index is -0.0000000133. The summed E-state index contributed by atoms with van der Waals surface area (Å²) in [5, 5.41) is 0. The molecule has 0 radical (unpaired) electrons. The predicted octanol–water partition coefficient (Wildman–Crippen LogP) is -8.49. The van der Waals surface area contributed by atoms with E-state index in [1.165, 1.54) is 0 Å². The molecule has 0 saturated carbocycles. The third-order valence-electron chi connectivity index (χ3n) is 0. The van der Waals surface area contributed by atoms with Crippen molar-refractivity contribution in [1.82, 2.24) is 0 Å². The van der Waals surface area contributed by atoms with Crippen LogP contribution in [-0.4, -0.2) is 0 Å². The minimum absolute atomic E-state index is 0. The van der Waals surface area contributed by atoms with Crippen LogP contribution in [0.25, 0.3) is 0 Å². The van der Waals surface area contributed by atoms with Crippen molar-refractivity contribution < 1.29 is 90.2 Å². The molecule has 0 saturated heterocycles. The average Bonchev–Trinajstić information content (AvgIpc) is 0.722. The molecule has 48 valence electrons. The van der Waals surface area contributed by atoms with Crippen LogP contribution in [0.2, 0.25) is 0 Å². The first kappa shape index (κ1) is 29.6. The Labute approximate surface area is 108 Å². The topological polar surface area (TPSA) is 80.3 Å². The Morgan fingerprint density at radius 1 is 0.889 bits per heavy atom. The van der Waals surface area contributed by atoms with E-state index >= 15 is 0 Å². The third-order valence-corrected chi connectivity index (χ3v) is 0. The van der Waals surface area contributed by atoms with E-state index in [9.17, 15) is 0 Å². The molecule has 9 heteroatoms. The molecular formula is H6Na2O4P2W. The van der Waals surface area contributed by atoms with Crippen molar-refractivity contribution in [2.75, 3.05) is 0 Å². The van der Waals surface area contributed by atoms with E-state index in [-0.39, 0.29) is 78.9 Å². The molecule has 0 spiro atoms. The fourth-order valence-corrected chi connectivity index (χ4v) is 0. The summed E-state index contributed by atoms with van der Waals surface area (Å²) < 4.78 is 34.6. The Hall–Kier alpha value is 3.07. The standard InChI is InChI=1S/2Na.4O.2H3P.W/h;;;;;;2*1H3;/q2*+1;;;2*-1;;;. The van der Waals surface area contributed by atoms with Crippen LogP contribution < -0.4 is 66.6 Å². The summed E-state index contributed by atoms with van der Waals surface area (Å²) in [7, 11) is 0. The fraction of sp³-hybridized carbons (Fsp3) is 0. The zero-order chi connectivity index (χ0) is 4.50. The van der Waals surface area contributed by atoms with Crippen molar-refractivity contribution in [2.24, 2.45) is 0 Å². The van der Waals surface area contributed by atoms with Gasteiger partial charge in [0.1, 0.15) is 0 Å². The van der Waals surface area contributed by atoms with Crippen molar-refractivity contribution in [3.05, 3.63) is 0 Å². The van der Waals surface area contributed by atoms with E-state index < -0.39 is 16.7 Å². The Morgan fingerprint density at radius 2 is 0.889 bits per heavy atom. The van der Waals surface area contributed by atoms with Crippen LogP contribution in [0.1, 0.15) is 0 Å². The second-order valence-electron chi connectivity index (χ2n) is 0.408. The van der Waals surface area contributed by atoms with Crippen molar-refractivity contribution >= 4 is 19.8 Å². The van der Waals surface area contributed by atoms with Gasteiger partial charge in [0.2, 0.25) is 0 Å². The molecule has 0 rings (SSSR count). The molecule has 0 aromatic carbocycles. The molecule has 0 aromatic rings. The van der Waals surface area contributed by atoms with Gasteiger partial charge in [-0.3, -0.25) is 0 Å². The summed E-state index contributed by atoms with van der Waals surface area (Å²) in [5.74, 6) is 0. The molecule has 9 heavy (non-hydrogen) atoms. The zero-order valence-electron chi connectivity index (χ0n) is 5.46. The predicted molar refractivity (Wildman–Crippen MR) is 23.6 cm³/mol. The molecule has 0 aliphatic carbocycles. The summed E-state index contributed by atoms with van der Waals surface area (Å²) in [5.41, 5.74) is 0. The number of rotatable bonds is 0. The van der Waals surface area contributed by atoms with E-state index in [1.807, 2.05) is 0 Å². The zero-order valence-corrected chi connectivity index (χ0v) is 15.2. The minimum atomic E-state index is -6.17. The fourth-order valence-electron chi connectivity index (χ4n) is 0. The molecule has 0 aliphatic rings. The van der Waals surface area contributed by atoms with Crippen LogP contribution >= 0.6 is 19.8 Å². The maximum absolute atomic E-state index is 8.65. The van der Waals surface area contributed by atoms with Crippen LogP contribution in [0.4, 0.5) is 0 Å². The molecule has 0 aromatic heterocycles. The van der Waals surface area contributed by atoms with Crippen LogP contribution in [0.3, 0.4) is 0 Å². The summed E-state index contributed by atoms with van der Waals surface area (Å²) in [6, 6.07) is 0. The van der Waals surface area contributed by atoms with Crippen LogP contribution in [0.15, 0.2) is 0 Å². The van der Waals surface area contributed by atoms with Gasteiger partial charge in [0.25, 0.3) is 0 Å². The Bertz CT molecular complexity index is 99.7. The van der Waals surface area contributed by atoms with Gasteiger partial charge in [-0.05, 0) is 0 Å². The SMILES string of the molecule is P.P.[Na+].[Na+].[O]=[W](=[O])([O-])[O-]. The Kier molecular flexibility index (Phi) is 44.9. The van der Waals surface area contributed by atoms with Crippen molar-refractivity contribution in [2.45, 2.75) is 0 Å². The van der Waals surface area contributed by atoms with E-state index in [0.29, 0.717) is 0 Å². The molecule has 0 fully saturated rings.